The van der Waals surface area contributed by atoms with Gasteiger partial charge in [-0.1, -0.05) is 6.92 Å². The lowest BCUT2D eigenvalue weighted by molar-refractivity contribution is 0.0696. The first-order valence-electron chi connectivity index (χ1n) is 4.45. The zero-order chi connectivity index (χ0) is 10.1. The predicted molar refractivity (Wildman–Crippen MR) is 58.2 cm³/mol. The fourth-order valence-corrected chi connectivity index (χ4v) is 2.36. The van der Waals surface area contributed by atoms with Gasteiger partial charge < -0.3 is 5.11 Å². The van der Waals surface area contributed by atoms with Crippen molar-refractivity contribution in [3.63, 3.8) is 0 Å². The molecule has 0 saturated carbocycles. The third-order valence-electron chi connectivity index (χ3n) is 2.29. The molecule has 1 aromatic heterocycles. The van der Waals surface area contributed by atoms with Gasteiger partial charge in [0, 0.05) is 4.70 Å². The molecule has 2 aromatic rings. The Hall–Kier alpha value is -1.35. The van der Waals surface area contributed by atoms with Crippen LogP contribution in [-0.4, -0.2) is 11.1 Å². The molecule has 0 aliphatic carbocycles. The van der Waals surface area contributed by atoms with Crippen LogP contribution < -0.4 is 0 Å². The number of benzene rings is 1. The summed E-state index contributed by atoms with van der Waals surface area (Å²) in [5, 5.41) is 12.1. The average Bonchev–Trinajstić information content (AvgIpc) is 2.62. The van der Waals surface area contributed by atoms with Gasteiger partial charge in [0.2, 0.25) is 0 Å². The maximum atomic E-state index is 11.0. The summed E-state index contributed by atoms with van der Waals surface area (Å²) in [5.41, 5.74) is 1.34. The van der Waals surface area contributed by atoms with Crippen LogP contribution in [0.1, 0.15) is 22.8 Å². The standard InChI is InChI=1S/C11H10O2S/c1-2-7-5-8-3-4-14-10(8)6-9(7)11(12)13/h3-6H,2H2,1H3,(H,12,13). The zero-order valence-corrected chi connectivity index (χ0v) is 8.60. The third-order valence-corrected chi connectivity index (χ3v) is 3.17. The highest BCUT2D eigenvalue weighted by Crippen LogP contribution is 2.25. The molecule has 72 valence electrons. The van der Waals surface area contributed by atoms with Crippen LogP contribution in [0.5, 0.6) is 0 Å². The van der Waals surface area contributed by atoms with Crippen molar-refractivity contribution in [2.45, 2.75) is 13.3 Å². The highest BCUT2D eigenvalue weighted by molar-refractivity contribution is 7.17. The topological polar surface area (TPSA) is 37.3 Å². The number of carboxylic acids is 1. The summed E-state index contributed by atoms with van der Waals surface area (Å²) in [6.45, 7) is 1.97. The number of fused-ring (bicyclic) bond motifs is 1. The van der Waals surface area contributed by atoms with Crippen LogP contribution in [-0.2, 0) is 6.42 Å². The molecule has 0 bridgehead atoms. The maximum Gasteiger partial charge on any atom is 0.336 e. The van der Waals surface area contributed by atoms with E-state index in [-0.39, 0.29) is 0 Å². The van der Waals surface area contributed by atoms with Crippen LogP contribution in [0.15, 0.2) is 23.6 Å². The first-order chi connectivity index (χ1) is 6.72. The van der Waals surface area contributed by atoms with Crippen molar-refractivity contribution in [3.8, 4) is 0 Å². The molecule has 0 aliphatic heterocycles. The zero-order valence-electron chi connectivity index (χ0n) is 7.78. The van der Waals surface area contributed by atoms with Crippen molar-refractivity contribution >= 4 is 27.4 Å². The molecule has 0 unspecified atom stereocenters. The second-order valence-electron chi connectivity index (χ2n) is 3.13. The Bertz CT molecular complexity index is 485. The van der Waals surface area contributed by atoms with E-state index in [2.05, 4.69) is 0 Å². The monoisotopic (exact) mass is 206 g/mol. The van der Waals surface area contributed by atoms with E-state index in [1.54, 1.807) is 17.4 Å². The van der Waals surface area contributed by atoms with Crippen molar-refractivity contribution in [3.05, 3.63) is 34.7 Å². The Morgan fingerprint density at radius 2 is 2.29 bits per heavy atom. The Labute approximate surface area is 85.8 Å². The second kappa shape index (κ2) is 3.42. The quantitative estimate of drug-likeness (QED) is 0.819. The molecule has 0 fully saturated rings. The molecule has 1 N–H and O–H groups in total. The van der Waals surface area contributed by atoms with Crippen LogP contribution in [0.25, 0.3) is 10.1 Å². The number of hydrogen-bond acceptors (Lipinski definition) is 2. The Balaban J connectivity index is 2.72. The number of carbonyl (C=O) groups is 1. The molecule has 0 atom stereocenters. The number of carboxylic acid groups (broad SMARTS) is 1. The predicted octanol–water partition coefficient (Wildman–Crippen LogP) is 3.16. The van der Waals surface area contributed by atoms with Crippen LogP contribution in [0.3, 0.4) is 0 Å². The van der Waals surface area contributed by atoms with E-state index < -0.39 is 5.97 Å². The maximum absolute atomic E-state index is 11.0. The SMILES string of the molecule is CCc1cc2ccsc2cc1C(=O)O. The lowest BCUT2D eigenvalue weighted by Gasteiger charge is -2.03. The summed E-state index contributed by atoms with van der Waals surface area (Å²) < 4.78 is 1.04. The van der Waals surface area contributed by atoms with E-state index in [0.717, 1.165) is 22.1 Å². The summed E-state index contributed by atoms with van der Waals surface area (Å²) in [6.07, 6.45) is 0.757. The van der Waals surface area contributed by atoms with Gasteiger partial charge in [-0.3, -0.25) is 0 Å². The molecular formula is C11H10O2S. The van der Waals surface area contributed by atoms with Crippen LogP contribution in [0, 0.1) is 0 Å². The average molecular weight is 206 g/mol. The lowest BCUT2D eigenvalue weighted by Crippen LogP contribution is -2.00. The molecule has 14 heavy (non-hydrogen) atoms. The summed E-state index contributed by atoms with van der Waals surface area (Å²) in [7, 11) is 0. The van der Waals surface area contributed by atoms with Gasteiger partial charge in [-0.15, -0.1) is 11.3 Å². The molecule has 2 rings (SSSR count). The highest BCUT2D eigenvalue weighted by atomic mass is 32.1. The second-order valence-corrected chi connectivity index (χ2v) is 4.07. The summed E-state index contributed by atoms with van der Waals surface area (Å²) >= 11 is 1.57. The minimum Gasteiger partial charge on any atom is -0.478 e. The van der Waals surface area contributed by atoms with E-state index in [9.17, 15) is 4.79 Å². The van der Waals surface area contributed by atoms with E-state index in [1.807, 2.05) is 24.4 Å². The Kier molecular flexibility index (Phi) is 2.25. The van der Waals surface area contributed by atoms with Crippen molar-refractivity contribution in [2.75, 3.05) is 0 Å². The first-order valence-corrected chi connectivity index (χ1v) is 5.33. The van der Waals surface area contributed by atoms with Crippen LogP contribution in [0.2, 0.25) is 0 Å². The van der Waals surface area contributed by atoms with Crippen molar-refractivity contribution in [2.24, 2.45) is 0 Å². The Morgan fingerprint density at radius 1 is 1.50 bits per heavy atom. The molecule has 2 nitrogen and oxygen atoms in total. The molecule has 0 spiro atoms. The highest BCUT2D eigenvalue weighted by Gasteiger charge is 2.10. The van der Waals surface area contributed by atoms with Gasteiger partial charge in [0.15, 0.2) is 0 Å². The van der Waals surface area contributed by atoms with Gasteiger partial charge in [-0.25, -0.2) is 4.79 Å². The molecule has 1 aromatic carbocycles. The third kappa shape index (κ3) is 1.40. The number of thiophene rings is 1. The van der Waals surface area contributed by atoms with E-state index in [1.165, 1.54) is 0 Å². The number of rotatable bonds is 2. The number of aryl methyl sites for hydroxylation is 1. The van der Waals surface area contributed by atoms with Gasteiger partial charge >= 0.3 is 5.97 Å². The van der Waals surface area contributed by atoms with Crippen molar-refractivity contribution in [1.82, 2.24) is 0 Å². The minimum atomic E-state index is -0.836. The summed E-state index contributed by atoms with van der Waals surface area (Å²) in [5.74, 6) is -0.836. The van der Waals surface area contributed by atoms with Crippen LogP contribution in [0.4, 0.5) is 0 Å². The summed E-state index contributed by atoms with van der Waals surface area (Å²) in [4.78, 5) is 11.0. The van der Waals surface area contributed by atoms with Gasteiger partial charge in [0.1, 0.15) is 0 Å². The molecule has 0 amide bonds. The lowest BCUT2D eigenvalue weighted by atomic mass is 10.0. The largest absolute Gasteiger partial charge is 0.478 e. The van der Waals surface area contributed by atoms with E-state index in [0.29, 0.717) is 5.56 Å². The van der Waals surface area contributed by atoms with Crippen LogP contribution >= 0.6 is 11.3 Å². The van der Waals surface area contributed by atoms with E-state index >= 15 is 0 Å². The van der Waals surface area contributed by atoms with Gasteiger partial charge in [-0.2, -0.15) is 0 Å². The molecule has 0 saturated heterocycles. The molecule has 3 heteroatoms. The fraction of sp³-hybridized carbons (Fsp3) is 0.182. The minimum absolute atomic E-state index is 0.433. The van der Waals surface area contributed by atoms with Gasteiger partial charge in [0.25, 0.3) is 0 Å². The van der Waals surface area contributed by atoms with Gasteiger partial charge in [-0.05, 0) is 40.9 Å². The number of hydrogen-bond donors (Lipinski definition) is 1. The van der Waals surface area contributed by atoms with Crippen molar-refractivity contribution < 1.29 is 9.90 Å². The van der Waals surface area contributed by atoms with E-state index in [4.69, 9.17) is 5.11 Å². The first kappa shape index (κ1) is 9.21. The normalized spacial score (nSPS) is 10.6. The van der Waals surface area contributed by atoms with Gasteiger partial charge in [0.05, 0.1) is 5.56 Å². The fourth-order valence-electron chi connectivity index (χ4n) is 1.55. The molecule has 0 radical (unpaired) electrons. The van der Waals surface area contributed by atoms with Crippen molar-refractivity contribution in [1.29, 1.82) is 0 Å². The molecule has 1 heterocycles. The Morgan fingerprint density at radius 3 is 2.93 bits per heavy atom. The molecule has 0 aliphatic rings. The number of aromatic carboxylic acids is 1. The molecular weight excluding hydrogens is 196 g/mol. The summed E-state index contributed by atoms with van der Waals surface area (Å²) in [6, 6.07) is 5.75. The smallest absolute Gasteiger partial charge is 0.336 e.